The number of aromatic nitrogens is 1. The van der Waals surface area contributed by atoms with Crippen LogP contribution in [0.1, 0.15) is 34.4 Å². The maximum absolute atomic E-state index is 10.4. The number of aryl methyl sites for hydroxylation is 1. The molecule has 1 aliphatic rings. The summed E-state index contributed by atoms with van der Waals surface area (Å²) in [6.07, 6.45) is 3.43. The third kappa shape index (κ3) is 3.70. The van der Waals surface area contributed by atoms with Gasteiger partial charge in [0.15, 0.2) is 0 Å². The molecule has 0 radical (unpaired) electrons. The molecule has 0 aromatic carbocycles. The van der Waals surface area contributed by atoms with Crippen LogP contribution in [0.5, 0.6) is 0 Å². The zero-order valence-corrected chi connectivity index (χ0v) is 13.2. The van der Waals surface area contributed by atoms with Crippen molar-refractivity contribution in [2.45, 2.75) is 32.4 Å². The molecule has 1 N–H and O–H groups in total. The molecular weight excluding hydrogens is 280 g/mol. The van der Waals surface area contributed by atoms with Gasteiger partial charge in [-0.25, -0.2) is 0 Å². The van der Waals surface area contributed by atoms with Crippen molar-refractivity contribution in [3.8, 4) is 0 Å². The Labute approximate surface area is 130 Å². The first-order valence-electron chi connectivity index (χ1n) is 7.59. The number of thiophene rings is 1. The Morgan fingerprint density at radius 2 is 2.10 bits per heavy atom. The molecule has 0 bridgehead atoms. The first-order chi connectivity index (χ1) is 10.2. The molecule has 4 heteroatoms. The average Bonchev–Trinajstić information content (AvgIpc) is 2.93. The SMILES string of the molecule is Cc1ccc(CN2CCC(C(O)c3ccccn3)CC2)s1. The molecule has 1 unspecified atom stereocenters. The van der Waals surface area contributed by atoms with E-state index < -0.39 is 6.10 Å². The summed E-state index contributed by atoms with van der Waals surface area (Å²) in [6.45, 7) is 5.32. The molecule has 3 heterocycles. The van der Waals surface area contributed by atoms with Gasteiger partial charge in [0.25, 0.3) is 0 Å². The Bertz CT molecular complexity index is 561. The van der Waals surface area contributed by atoms with Gasteiger partial charge >= 0.3 is 0 Å². The molecule has 0 aliphatic carbocycles. The molecule has 21 heavy (non-hydrogen) atoms. The summed E-state index contributed by atoms with van der Waals surface area (Å²) in [5.41, 5.74) is 0.810. The average molecular weight is 302 g/mol. The third-order valence-electron chi connectivity index (χ3n) is 4.25. The molecular formula is C17H22N2OS. The van der Waals surface area contributed by atoms with Crippen LogP contribution in [0.2, 0.25) is 0 Å². The molecule has 1 saturated heterocycles. The van der Waals surface area contributed by atoms with Crippen LogP contribution in [0.4, 0.5) is 0 Å². The van der Waals surface area contributed by atoms with E-state index >= 15 is 0 Å². The number of rotatable bonds is 4. The van der Waals surface area contributed by atoms with Gasteiger partial charge in [-0.05, 0) is 63.0 Å². The second-order valence-corrected chi connectivity index (χ2v) is 7.20. The van der Waals surface area contributed by atoms with E-state index in [1.54, 1.807) is 6.20 Å². The minimum Gasteiger partial charge on any atom is -0.387 e. The predicted octanol–water partition coefficient (Wildman–Crippen LogP) is 3.40. The number of aliphatic hydroxyl groups excluding tert-OH is 1. The molecule has 0 saturated carbocycles. The highest BCUT2D eigenvalue weighted by molar-refractivity contribution is 7.11. The van der Waals surface area contributed by atoms with Crippen LogP contribution in [0.25, 0.3) is 0 Å². The van der Waals surface area contributed by atoms with E-state index in [1.165, 1.54) is 9.75 Å². The molecule has 1 atom stereocenters. The molecule has 3 rings (SSSR count). The van der Waals surface area contributed by atoms with Gasteiger partial charge in [0.05, 0.1) is 11.8 Å². The molecule has 0 spiro atoms. The van der Waals surface area contributed by atoms with Crippen molar-refractivity contribution in [2.24, 2.45) is 5.92 Å². The van der Waals surface area contributed by atoms with Gasteiger partial charge < -0.3 is 5.11 Å². The third-order valence-corrected chi connectivity index (χ3v) is 5.23. The van der Waals surface area contributed by atoms with Gasteiger partial charge in [-0.3, -0.25) is 9.88 Å². The number of nitrogens with zero attached hydrogens (tertiary/aromatic N) is 2. The highest BCUT2D eigenvalue weighted by atomic mass is 32.1. The first kappa shape index (κ1) is 14.7. The summed E-state index contributed by atoms with van der Waals surface area (Å²) in [5, 5.41) is 10.4. The minimum atomic E-state index is -0.419. The van der Waals surface area contributed by atoms with Crippen molar-refractivity contribution in [2.75, 3.05) is 13.1 Å². The number of hydrogen-bond acceptors (Lipinski definition) is 4. The predicted molar refractivity (Wildman–Crippen MR) is 86.3 cm³/mol. The monoisotopic (exact) mass is 302 g/mol. The minimum absolute atomic E-state index is 0.334. The zero-order valence-electron chi connectivity index (χ0n) is 12.4. The van der Waals surface area contributed by atoms with Gasteiger partial charge in [0, 0.05) is 22.5 Å². The first-order valence-corrected chi connectivity index (χ1v) is 8.40. The van der Waals surface area contributed by atoms with E-state index in [4.69, 9.17) is 0 Å². The maximum Gasteiger partial charge on any atom is 0.0988 e. The number of pyridine rings is 1. The van der Waals surface area contributed by atoms with E-state index in [-0.39, 0.29) is 0 Å². The van der Waals surface area contributed by atoms with Crippen LogP contribution in [0.3, 0.4) is 0 Å². The van der Waals surface area contributed by atoms with Crippen molar-refractivity contribution < 1.29 is 5.11 Å². The van der Waals surface area contributed by atoms with Gasteiger partial charge in [0.1, 0.15) is 0 Å². The van der Waals surface area contributed by atoms with Crippen molar-refractivity contribution in [3.05, 3.63) is 52.0 Å². The zero-order chi connectivity index (χ0) is 14.7. The summed E-state index contributed by atoms with van der Waals surface area (Å²) < 4.78 is 0. The fraction of sp³-hybridized carbons (Fsp3) is 0.471. The summed E-state index contributed by atoms with van der Waals surface area (Å²) in [7, 11) is 0. The lowest BCUT2D eigenvalue weighted by molar-refractivity contribution is 0.0542. The summed E-state index contributed by atoms with van der Waals surface area (Å²) in [6, 6.07) is 10.2. The van der Waals surface area contributed by atoms with Crippen LogP contribution in [0, 0.1) is 12.8 Å². The van der Waals surface area contributed by atoms with E-state index in [0.29, 0.717) is 5.92 Å². The topological polar surface area (TPSA) is 36.4 Å². The second kappa shape index (κ2) is 6.69. The van der Waals surface area contributed by atoms with Crippen LogP contribution in [-0.4, -0.2) is 28.1 Å². The summed E-state index contributed by atoms with van der Waals surface area (Å²) in [4.78, 5) is 9.60. The van der Waals surface area contributed by atoms with Gasteiger partial charge in [-0.2, -0.15) is 0 Å². The normalized spacial score (nSPS) is 18.8. The van der Waals surface area contributed by atoms with Crippen LogP contribution in [0.15, 0.2) is 36.5 Å². The van der Waals surface area contributed by atoms with Gasteiger partial charge in [-0.15, -0.1) is 11.3 Å². The smallest absolute Gasteiger partial charge is 0.0988 e. The Kier molecular flexibility index (Phi) is 4.68. The quantitative estimate of drug-likeness (QED) is 0.940. The fourth-order valence-corrected chi connectivity index (χ4v) is 3.94. The van der Waals surface area contributed by atoms with E-state index in [1.807, 2.05) is 29.5 Å². The fourth-order valence-electron chi connectivity index (χ4n) is 3.01. The number of piperidine rings is 1. The lowest BCUT2D eigenvalue weighted by Crippen LogP contribution is -2.35. The largest absolute Gasteiger partial charge is 0.387 e. The molecule has 3 nitrogen and oxygen atoms in total. The van der Waals surface area contributed by atoms with Gasteiger partial charge in [0.2, 0.25) is 0 Å². The summed E-state index contributed by atoms with van der Waals surface area (Å²) in [5.74, 6) is 0.334. The van der Waals surface area contributed by atoms with E-state index in [2.05, 4.69) is 28.9 Å². The molecule has 1 fully saturated rings. The Morgan fingerprint density at radius 1 is 1.29 bits per heavy atom. The molecule has 2 aromatic heterocycles. The lowest BCUT2D eigenvalue weighted by atomic mass is 9.89. The van der Waals surface area contributed by atoms with Crippen LogP contribution in [-0.2, 0) is 6.54 Å². The van der Waals surface area contributed by atoms with Crippen molar-refractivity contribution >= 4 is 11.3 Å². The van der Waals surface area contributed by atoms with Crippen LogP contribution < -0.4 is 0 Å². The molecule has 2 aromatic rings. The van der Waals surface area contributed by atoms with E-state index in [9.17, 15) is 5.11 Å². The van der Waals surface area contributed by atoms with Crippen molar-refractivity contribution in [1.82, 2.24) is 9.88 Å². The number of hydrogen-bond donors (Lipinski definition) is 1. The highest BCUT2D eigenvalue weighted by Gasteiger charge is 2.26. The van der Waals surface area contributed by atoms with Crippen molar-refractivity contribution in [1.29, 1.82) is 0 Å². The molecule has 0 amide bonds. The van der Waals surface area contributed by atoms with Gasteiger partial charge in [-0.1, -0.05) is 6.07 Å². The Morgan fingerprint density at radius 3 is 2.71 bits per heavy atom. The Balaban J connectivity index is 1.53. The number of aliphatic hydroxyl groups is 1. The Hall–Kier alpha value is -1.23. The molecule has 1 aliphatic heterocycles. The lowest BCUT2D eigenvalue weighted by Gasteiger charge is -2.33. The second-order valence-electron chi connectivity index (χ2n) is 5.83. The maximum atomic E-state index is 10.4. The standard InChI is InChI=1S/C17H22N2OS/c1-13-5-6-15(21-13)12-19-10-7-14(8-11-19)17(20)16-4-2-3-9-18-16/h2-6,9,14,17,20H,7-8,10-12H2,1H3. The highest BCUT2D eigenvalue weighted by Crippen LogP contribution is 2.30. The number of likely N-dealkylation sites (tertiary alicyclic amines) is 1. The van der Waals surface area contributed by atoms with Crippen LogP contribution >= 0.6 is 11.3 Å². The molecule has 112 valence electrons. The van der Waals surface area contributed by atoms with Crippen molar-refractivity contribution in [3.63, 3.8) is 0 Å². The van der Waals surface area contributed by atoms with E-state index in [0.717, 1.165) is 38.2 Å². The summed E-state index contributed by atoms with van der Waals surface area (Å²) >= 11 is 1.88.